The molecule has 0 N–H and O–H groups in total. The Morgan fingerprint density at radius 3 is 2.30 bits per heavy atom. The lowest BCUT2D eigenvalue weighted by molar-refractivity contribution is 0.585. The zero-order valence-corrected chi connectivity index (χ0v) is 7.22. The summed E-state index contributed by atoms with van der Waals surface area (Å²) >= 11 is 0. The molecule has 1 heteroatoms. The summed E-state index contributed by atoms with van der Waals surface area (Å²) in [5.74, 6) is 0. The van der Waals surface area contributed by atoms with E-state index in [0.29, 0.717) is 0 Å². The van der Waals surface area contributed by atoms with E-state index in [1.165, 1.54) is 0 Å². The minimum atomic E-state index is 0.0845. The van der Waals surface area contributed by atoms with Crippen LogP contribution in [0.25, 0.3) is 0 Å². The molecule has 0 radical (unpaired) electrons. The number of rotatable bonds is 3. The minimum Gasteiger partial charge on any atom is -0.292 e. The minimum absolute atomic E-state index is 0.0845. The van der Waals surface area contributed by atoms with Crippen molar-refractivity contribution in [3.05, 3.63) is 12.7 Å². The highest BCUT2D eigenvalue weighted by Crippen LogP contribution is 2.04. The smallest absolute Gasteiger partial charge is 0.0520 e. The summed E-state index contributed by atoms with van der Waals surface area (Å²) in [4.78, 5) is 4.32. The van der Waals surface area contributed by atoms with E-state index in [9.17, 15) is 0 Å². The fraction of sp³-hybridized carbons (Fsp3) is 0.667. The fourth-order valence-electron chi connectivity index (χ4n) is 0.531. The fourth-order valence-corrected chi connectivity index (χ4v) is 0.531. The molecule has 0 aromatic rings. The molecule has 0 aliphatic carbocycles. The van der Waals surface area contributed by atoms with Gasteiger partial charge in [0.15, 0.2) is 0 Å². The van der Waals surface area contributed by atoms with E-state index in [2.05, 4.69) is 32.3 Å². The van der Waals surface area contributed by atoms with Gasteiger partial charge in [0.1, 0.15) is 0 Å². The maximum Gasteiger partial charge on any atom is 0.0520 e. The van der Waals surface area contributed by atoms with E-state index in [1.54, 1.807) is 0 Å². The van der Waals surface area contributed by atoms with Gasteiger partial charge in [-0.3, -0.25) is 4.99 Å². The Kier molecular flexibility index (Phi) is 4.01. The average molecular weight is 139 g/mol. The summed E-state index contributed by atoms with van der Waals surface area (Å²) < 4.78 is 0. The molecule has 0 fully saturated rings. The molecule has 0 amide bonds. The van der Waals surface area contributed by atoms with E-state index < -0.39 is 0 Å². The first kappa shape index (κ1) is 9.41. The second kappa shape index (κ2) is 4.26. The molecule has 0 aromatic carbocycles. The molecule has 0 spiro atoms. The molecular formula is C9H17N. The van der Waals surface area contributed by atoms with E-state index >= 15 is 0 Å². The highest BCUT2D eigenvalue weighted by atomic mass is 14.8. The molecule has 0 rings (SSSR count). The molecule has 0 saturated heterocycles. The van der Waals surface area contributed by atoms with Crippen LogP contribution in [0.1, 0.15) is 33.6 Å². The summed E-state index contributed by atoms with van der Waals surface area (Å²) in [5, 5.41) is 0. The number of nitrogens with zero attached hydrogens (tertiary/aromatic N) is 1. The van der Waals surface area contributed by atoms with Crippen LogP contribution in [-0.2, 0) is 0 Å². The predicted octanol–water partition coefficient (Wildman–Crippen LogP) is 2.82. The van der Waals surface area contributed by atoms with E-state index in [0.717, 1.165) is 12.8 Å². The van der Waals surface area contributed by atoms with E-state index in [1.807, 2.05) is 12.3 Å². The first-order chi connectivity index (χ1) is 4.56. The number of hydrogen-bond donors (Lipinski definition) is 0. The summed E-state index contributed by atoms with van der Waals surface area (Å²) in [7, 11) is 0. The van der Waals surface area contributed by atoms with Gasteiger partial charge in [-0.25, -0.2) is 0 Å². The topological polar surface area (TPSA) is 12.4 Å². The van der Waals surface area contributed by atoms with Gasteiger partial charge in [-0.05, 0) is 39.8 Å². The molecule has 0 aliphatic rings. The van der Waals surface area contributed by atoms with E-state index in [-0.39, 0.29) is 5.54 Å². The van der Waals surface area contributed by atoms with Crippen LogP contribution in [0.3, 0.4) is 0 Å². The van der Waals surface area contributed by atoms with Gasteiger partial charge < -0.3 is 0 Å². The molecule has 0 heterocycles. The molecule has 0 saturated carbocycles. The summed E-state index contributed by atoms with van der Waals surface area (Å²) in [6.45, 7) is 9.92. The van der Waals surface area contributed by atoms with Crippen molar-refractivity contribution in [2.75, 3.05) is 0 Å². The maximum absolute atomic E-state index is 4.32. The van der Waals surface area contributed by atoms with Gasteiger partial charge in [-0.1, -0.05) is 6.08 Å². The quantitative estimate of drug-likeness (QED) is 0.324. The SMILES string of the molecule is C=CCC/C=N\C(C)(C)C. The Labute approximate surface area is 63.9 Å². The lowest BCUT2D eigenvalue weighted by Crippen LogP contribution is -2.09. The second-order valence-corrected chi connectivity index (χ2v) is 3.35. The zero-order valence-electron chi connectivity index (χ0n) is 7.22. The van der Waals surface area contributed by atoms with Gasteiger partial charge in [0, 0.05) is 0 Å². The largest absolute Gasteiger partial charge is 0.292 e. The van der Waals surface area contributed by atoms with Gasteiger partial charge in [0.25, 0.3) is 0 Å². The Morgan fingerprint density at radius 1 is 1.30 bits per heavy atom. The molecule has 10 heavy (non-hydrogen) atoms. The number of hydrogen-bond acceptors (Lipinski definition) is 1. The standard InChI is InChI=1S/C9H17N/c1-5-6-7-8-10-9(2,3)4/h5,8H,1,6-7H2,2-4H3/b10-8-. The summed E-state index contributed by atoms with van der Waals surface area (Å²) in [5.41, 5.74) is 0.0845. The van der Waals surface area contributed by atoms with Gasteiger partial charge in [-0.2, -0.15) is 0 Å². The first-order valence-electron chi connectivity index (χ1n) is 3.71. The lowest BCUT2D eigenvalue weighted by Gasteiger charge is -2.10. The molecule has 58 valence electrons. The van der Waals surface area contributed by atoms with Crippen molar-refractivity contribution < 1.29 is 0 Å². The second-order valence-electron chi connectivity index (χ2n) is 3.35. The van der Waals surface area contributed by atoms with Crippen LogP contribution in [0.5, 0.6) is 0 Å². The third kappa shape index (κ3) is 7.41. The van der Waals surface area contributed by atoms with Gasteiger partial charge >= 0.3 is 0 Å². The van der Waals surface area contributed by atoms with Gasteiger partial charge in [-0.15, -0.1) is 6.58 Å². The van der Waals surface area contributed by atoms with Crippen molar-refractivity contribution in [3.63, 3.8) is 0 Å². The van der Waals surface area contributed by atoms with Crippen molar-refractivity contribution in [1.29, 1.82) is 0 Å². The van der Waals surface area contributed by atoms with Crippen LogP contribution >= 0.6 is 0 Å². The molecule has 0 atom stereocenters. The maximum atomic E-state index is 4.32. The van der Waals surface area contributed by atoms with Gasteiger partial charge in [0.2, 0.25) is 0 Å². The average Bonchev–Trinajstić information content (AvgIpc) is 1.78. The van der Waals surface area contributed by atoms with Gasteiger partial charge in [0.05, 0.1) is 5.54 Å². The predicted molar refractivity (Wildman–Crippen MR) is 47.7 cm³/mol. The molecule has 0 bridgehead atoms. The van der Waals surface area contributed by atoms with Crippen LogP contribution in [0, 0.1) is 0 Å². The lowest BCUT2D eigenvalue weighted by atomic mass is 10.1. The Balaban J connectivity index is 3.46. The van der Waals surface area contributed by atoms with Crippen molar-refractivity contribution in [2.24, 2.45) is 4.99 Å². The molecule has 0 aliphatic heterocycles. The van der Waals surface area contributed by atoms with Crippen molar-refractivity contribution in [1.82, 2.24) is 0 Å². The van der Waals surface area contributed by atoms with Crippen LogP contribution in [0.4, 0.5) is 0 Å². The van der Waals surface area contributed by atoms with Crippen molar-refractivity contribution in [2.45, 2.75) is 39.2 Å². The molecule has 0 aromatic heterocycles. The monoisotopic (exact) mass is 139 g/mol. The highest BCUT2D eigenvalue weighted by molar-refractivity contribution is 5.57. The number of aliphatic imine (C=N–C) groups is 1. The molecular weight excluding hydrogens is 122 g/mol. The summed E-state index contributed by atoms with van der Waals surface area (Å²) in [6, 6.07) is 0. The Morgan fingerprint density at radius 2 is 1.90 bits per heavy atom. The van der Waals surface area contributed by atoms with Crippen molar-refractivity contribution in [3.8, 4) is 0 Å². The number of unbranched alkanes of at least 4 members (excludes halogenated alkanes) is 1. The van der Waals surface area contributed by atoms with E-state index in [4.69, 9.17) is 0 Å². The Bertz CT molecular complexity index is 117. The first-order valence-corrected chi connectivity index (χ1v) is 3.71. The highest BCUT2D eigenvalue weighted by Gasteiger charge is 2.03. The molecule has 1 nitrogen and oxygen atoms in total. The third-order valence-corrected chi connectivity index (χ3v) is 0.978. The van der Waals surface area contributed by atoms with Crippen LogP contribution in [-0.4, -0.2) is 11.8 Å². The van der Waals surface area contributed by atoms with Crippen LogP contribution in [0.2, 0.25) is 0 Å². The Hall–Kier alpha value is -0.590. The zero-order chi connectivity index (χ0) is 8.04. The normalized spacial score (nSPS) is 12.3. The molecule has 0 unspecified atom stereocenters. The summed E-state index contributed by atoms with van der Waals surface area (Å²) in [6.07, 6.45) is 5.93. The van der Waals surface area contributed by atoms with Crippen LogP contribution < -0.4 is 0 Å². The van der Waals surface area contributed by atoms with Crippen LogP contribution in [0.15, 0.2) is 17.6 Å². The van der Waals surface area contributed by atoms with Crippen molar-refractivity contribution >= 4 is 6.21 Å². The third-order valence-electron chi connectivity index (χ3n) is 0.978. The number of allylic oxidation sites excluding steroid dienone is 1.